The topological polar surface area (TPSA) is 67.2 Å². The van der Waals surface area contributed by atoms with Gasteiger partial charge in [-0.05, 0) is 43.1 Å². The zero-order chi connectivity index (χ0) is 13.1. The third-order valence-electron chi connectivity index (χ3n) is 3.64. The second kappa shape index (κ2) is 5.50. The van der Waals surface area contributed by atoms with E-state index in [0.717, 1.165) is 12.1 Å². The number of nitrogens with one attached hydrogen (secondary N) is 2. The molecule has 4 heteroatoms. The van der Waals surface area contributed by atoms with Gasteiger partial charge in [-0.2, -0.15) is 0 Å². The number of nitrogens with two attached hydrogens (primary N) is 1. The molecule has 1 heterocycles. The smallest absolute Gasteiger partial charge is 0.224 e. The first kappa shape index (κ1) is 13.1. The second-order valence-electron chi connectivity index (χ2n) is 4.94. The van der Waals surface area contributed by atoms with Crippen LogP contribution in [-0.4, -0.2) is 19.5 Å². The van der Waals surface area contributed by atoms with Crippen molar-refractivity contribution < 1.29 is 4.79 Å². The Bertz CT molecular complexity index is 445. The molecule has 4 nitrogen and oxygen atoms in total. The minimum absolute atomic E-state index is 0.107. The summed E-state index contributed by atoms with van der Waals surface area (Å²) in [7, 11) is 1.96. The molecule has 0 bridgehead atoms. The number of aryl methyl sites for hydroxylation is 1. The fraction of sp³-hybridized carbons (Fsp3) is 0.500. The highest BCUT2D eigenvalue weighted by molar-refractivity contribution is 5.93. The Morgan fingerprint density at radius 3 is 2.89 bits per heavy atom. The van der Waals surface area contributed by atoms with Crippen LogP contribution in [0.4, 0.5) is 5.69 Å². The lowest BCUT2D eigenvalue weighted by Crippen LogP contribution is -2.29. The number of benzene rings is 1. The van der Waals surface area contributed by atoms with E-state index in [2.05, 4.69) is 29.7 Å². The number of anilines is 1. The van der Waals surface area contributed by atoms with Gasteiger partial charge < -0.3 is 16.4 Å². The summed E-state index contributed by atoms with van der Waals surface area (Å²) in [6.45, 7) is 2.79. The molecule has 4 N–H and O–H groups in total. The van der Waals surface area contributed by atoms with Gasteiger partial charge >= 0.3 is 0 Å². The first-order valence-electron chi connectivity index (χ1n) is 6.45. The van der Waals surface area contributed by atoms with Gasteiger partial charge in [0.15, 0.2) is 0 Å². The van der Waals surface area contributed by atoms with E-state index in [0.29, 0.717) is 18.9 Å². The Balaban J connectivity index is 2.27. The van der Waals surface area contributed by atoms with Crippen molar-refractivity contribution in [1.82, 2.24) is 5.32 Å². The minimum Gasteiger partial charge on any atom is -0.330 e. The quantitative estimate of drug-likeness (QED) is 0.754. The van der Waals surface area contributed by atoms with Gasteiger partial charge in [0, 0.05) is 18.2 Å². The summed E-state index contributed by atoms with van der Waals surface area (Å²) >= 11 is 0. The van der Waals surface area contributed by atoms with Gasteiger partial charge in [-0.1, -0.05) is 19.1 Å². The Labute approximate surface area is 108 Å². The Hall–Kier alpha value is -1.39. The van der Waals surface area contributed by atoms with Gasteiger partial charge in [0.25, 0.3) is 0 Å². The van der Waals surface area contributed by atoms with Crippen molar-refractivity contribution in [2.75, 3.05) is 18.9 Å². The van der Waals surface area contributed by atoms with Crippen molar-refractivity contribution in [2.24, 2.45) is 11.7 Å². The molecule has 2 atom stereocenters. The highest BCUT2D eigenvalue weighted by atomic mass is 16.1. The van der Waals surface area contributed by atoms with Crippen LogP contribution in [0.25, 0.3) is 0 Å². The van der Waals surface area contributed by atoms with Crippen LogP contribution in [0.5, 0.6) is 0 Å². The van der Waals surface area contributed by atoms with E-state index in [9.17, 15) is 4.79 Å². The molecule has 0 spiro atoms. The third-order valence-corrected chi connectivity index (χ3v) is 3.64. The van der Waals surface area contributed by atoms with Crippen molar-refractivity contribution >= 4 is 11.6 Å². The van der Waals surface area contributed by atoms with Crippen LogP contribution >= 0.6 is 0 Å². The number of carbonyl (C=O) groups is 1. The molecule has 18 heavy (non-hydrogen) atoms. The van der Waals surface area contributed by atoms with E-state index in [-0.39, 0.29) is 11.9 Å². The molecule has 2 unspecified atom stereocenters. The molecule has 1 aliphatic heterocycles. The molecule has 1 aliphatic rings. The summed E-state index contributed by atoms with van der Waals surface area (Å²) in [5.41, 5.74) is 9.15. The van der Waals surface area contributed by atoms with Gasteiger partial charge in [0.1, 0.15) is 0 Å². The van der Waals surface area contributed by atoms with Crippen molar-refractivity contribution in [3.63, 3.8) is 0 Å². The number of fused-ring (bicyclic) bond motifs is 1. The maximum absolute atomic E-state index is 11.3. The zero-order valence-electron chi connectivity index (χ0n) is 11.0. The Morgan fingerprint density at radius 2 is 2.22 bits per heavy atom. The number of rotatable bonds is 4. The molecule has 0 radical (unpaired) electrons. The van der Waals surface area contributed by atoms with Crippen molar-refractivity contribution in [1.29, 1.82) is 0 Å². The van der Waals surface area contributed by atoms with Crippen LogP contribution in [0.1, 0.15) is 30.5 Å². The van der Waals surface area contributed by atoms with E-state index >= 15 is 0 Å². The van der Waals surface area contributed by atoms with Gasteiger partial charge in [0.05, 0.1) is 0 Å². The summed E-state index contributed by atoms with van der Waals surface area (Å²) in [5, 5.41) is 6.22. The van der Waals surface area contributed by atoms with Crippen LogP contribution < -0.4 is 16.4 Å². The molecule has 0 saturated heterocycles. The third kappa shape index (κ3) is 2.54. The molecule has 0 saturated carbocycles. The van der Waals surface area contributed by atoms with E-state index in [1.807, 2.05) is 13.1 Å². The normalized spacial score (nSPS) is 17.8. The number of hydrogen-bond donors (Lipinski definition) is 3. The Kier molecular flexibility index (Phi) is 3.99. The molecule has 2 rings (SSSR count). The SMILES string of the molecule is CNC(c1ccc2c(c1)CCC(=O)N2)C(C)CN. The van der Waals surface area contributed by atoms with Crippen LogP contribution in [-0.2, 0) is 11.2 Å². The first-order chi connectivity index (χ1) is 8.65. The fourth-order valence-corrected chi connectivity index (χ4v) is 2.51. The summed E-state index contributed by atoms with van der Waals surface area (Å²) in [6, 6.07) is 6.51. The number of hydrogen-bond acceptors (Lipinski definition) is 3. The molecular formula is C14H21N3O. The highest BCUT2D eigenvalue weighted by Crippen LogP contribution is 2.28. The summed E-state index contributed by atoms with van der Waals surface area (Å²) in [6.07, 6.45) is 1.40. The molecule has 98 valence electrons. The largest absolute Gasteiger partial charge is 0.330 e. The Morgan fingerprint density at radius 1 is 1.44 bits per heavy atom. The van der Waals surface area contributed by atoms with Crippen LogP contribution in [0.3, 0.4) is 0 Å². The lowest BCUT2D eigenvalue weighted by Gasteiger charge is -2.25. The molecule has 0 aromatic heterocycles. The maximum atomic E-state index is 11.3. The number of carbonyl (C=O) groups excluding carboxylic acids is 1. The average molecular weight is 247 g/mol. The van der Waals surface area contributed by atoms with Gasteiger partial charge in [-0.15, -0.1) is 0 Å². The monoisotopic (exact) mass is 247 g/mol. The lowest BCUT2D eigenvalue weighted by atomic mass is 9.91. The number of amides is 1. The van der Waals surface area contributed by atoms with Crippen molar-refractivity contribution in [3.8, 4) is 0 Å². The standard InChI is InChI=1S/C14H21N3O/c1-9(8-15)14(16-2)11-3-5-12-10(7-11)4-6-13(18)17-12/h3,5,7,9,14,16H,4,6,8,15H2,1-2H3,(H,17,18). The predicted molar refractivity (Wildman–Crippen MR) is 73.4 cm³/mol. The van der Waals surface area contributed by atoms with E-state index in [1.165, 1.54) is 11.1 Å². The molecular weight excluding hydrogens is 226 g/mol. The average Bonchev–Trinajstić information content (AvgIpc) is 2.39. The molecule has 0 aliphatic carbocycles. The molecule has 1 aromatic carbocycles. The van der Waals surface area contributed by atoms with E-state index < -0.39 is 0 Å². The second-order valence-corrected chi connectivity index (χ2v) is 4.94. The van der Waals surface area contributed by atoms with Crippen molar-refractivity contribution in [2.45, 2.75) is 25.8 Å². The maximum Gasteiger partial charge on any atom is 0.224 e. The highest BCUT2D eigenvalue weighted by Gasteiger charge is 2.20. The fourth-order valence-electron chi connectivity index (χ4n) is 2.51. The van der Waals surface area contributed by atoms with Crippen molar-refractivity contribution in [3.05, 3.63) is 29.3 Å². The molecule has 0 fully saturated rings. The first-order valence-corrected chi connectivity index (χ1v) is 6.45. The summed E-state index contributed by atoms with van der Waals surface area (Å²) in [5.74, 6) is 0.488. The summed E-state index contributed by atoms with van der Waals surface area (Å²) < 4.78 is 0. The molecule has 1 aromatic rings. The van der Waals surface area contributed by atoms with Crippen LogP contribution in [0.2, 0.25) is 0 Å². The minimum atomic E-state index is 0.107. The predicted octanol–water partition coefficient (Wildman–Crippen LogP) is 1.43. The zero-order valence-corrected chi connectivity index (χ0v) is 11.0. The summed E-state index contributed by atoms with van der Waals surface area (Å²) in [4.78, 5) is 11.3. The molecule has 1 amide bonds. The van der Waals surface area contributed by atoms with Crippen LogP contribution in [0.15, 0.2) is 18.2 Å². The van der Waals surface area contributed by atoms with Crippen LogP contribution in [0, 0.1) is 5.92 Å². The van der Waals surface area contributed by atoms with Gasteiger partial charge in [-0.25, -0.2) is 0 Å². The van der Waals surface area contributed by atoms with E-state index in [4.69, 9.17) is 5.73 Å². The van der Waals surface area contributed by atoms with E-state index in [1.54, 1.807) is 0 Å². The van der Waals surface area contributed by atoms with Gasteiger partial charge in [-0.3, -0.25) is 4.79 Å². The lowest BCUT2D eigenvalue weighted by molar-refractivity contribution is -0.116. The van der Waals surface area contributed by atoms with Gasteiger partial charge in [0.2, 0.25) is 5.91 Å².